The Kier molecular flexibility index (Phi) is 7.65. The van der Waals surface area contributed by atoms with E-state index in [-0.39, 0.29) is 5.75 Å². The van der Waals surface area contributed by atoms with Crippen LogP contribution in [0.25, 0.3) is 0 Å². The first-order chi connectivity index (χ1) is 13.4. The van der Waals surface area contributed by atoms with Gasteiger partial charge in [-0.15, -0.1) is 0 Å². The topological polar surface area (TPSA) is 103 Å². The number of hydrogen-bond donors (Lipinski definition) is 2. The van der Waals surface area contributed by atoms with Gasteiger partial charge in [0.25, 0.3) is 0 Å². The molecule has 0 bridgehead atoms. The highest BCUT2D eigenvalue weighted by atomic mass is 32.2. The monoisotopic (exact) mass is 408 g/mol. The number of nitrogens with one attached hydrogen (secondary N) is 2. The zero-order chi connectivity index (χ0) is 20.6. The van der Waals surface area contributed by atoms with Gasteiger partial charge in [-0.05, 0) is 37.3 Å². The van der Waals surface area contributed by atoms with Crippen molar-refractivity contribution in [1.82, 2.24) is 4.72 Å². The van der Waals surface area contributed by atoms with Gasteiger partial charge in [0.2, 0.25) is 15.9 Å². The second-order valence-electron chi connectivity index (χ2n) is 5.74. The summed E-state index contributed by atoms with van der Waals surface area (Å²) in [6, 6.07) is 11.8. The lowest BCUT2D eigenvalue weighted by atomic mass is 10.2. The van der Waals surface area contributed by atoms with Crippen molar-refractivity contribution >= 4 is 21.6 Å². The third-order valence-electron chi connectivity index (χ3n) is 3.75. The van der Waals surface area contributed by atoms with E-state index in [1.165, 1.54) is 14.2 Å². The molecule has 0 spiro atoms. The number of ether oxygens (including phenoxy) is 3. The van der Waals surface area contributed by atoms with Crippen LogP contribution >= 0.6 is 0 Å². The summed E-state index contributed by atoms with van der Waals surface area (Å²) in [7, 11) is -0.836. The van der Waals surface area contributed by atoms with Crippen LogP contribution in [-0.2, 0) is 20.6 Å². The predicted molar refractivity (Wildman–Crippen MR) is 106 cm³/mol. The van der Waals surface area contributed by atoms with E-state index < -0.39 is 22.5 Å². The van der Waals surface area contributed by atoms with Gasteiger partial charge in [0, 0.05) is 5.56 Å². The smallest absolute Gasteiger partial charge is 0.239 e. The number of rotatable bonds is 10. The Labute approximate surface area is 164 Å². The maximum absolute atomic E-state index is 12.4. The molecule has 2 aromatic rings. The summed E-state index contributed by atoms with van der Waals surface area (Å²) in [5, 5.41) is 2.64. The van der Waals surface area contributed by atoms with Crippen LogP contribution in [0.3, 0.4) is 0 Å². The summed E-state index contributed by atoms with van der Waals surface area (Å²) < 4.78 is 42.8. The highest BCUT2D eigenvalue weighted by Gasteiger charge is 2.17. The zero-order valence-electron chi connectivity index (χ0n) is 16.0. The van der Waals surface area contributed by atoms with Crippen molar-refractivity contribution in [2.24, 2.45) is 0 Å². The largest absolute Gasteiger partial charge is 0.497 e. The van der Waals surface area contributed by atoms with E-state index in [0.29, 0.717) is 35.1 Å². The molecule has 0 aliphatic rings. The van der Waals surface area contributed by atoms with E-state index in [4.69, 9.17) is 14.2 Å². The van der Waals surface area contributed by atoms with E-state index in [1.54, 1.807) is 42.5 Å². The fourth-order valence-electron chi connectivity index (χ4n) is 2.47. The number of hydrogen-bond acceptors (Lipinski definition) is 6. The predicted octanol–water partition coefficient (Wildman–Crippen LogP) is 2.16. The van der Waals surface area contributed by atoms with Crippen molar-refractivity contribution in [2.75, 3.05) is 32.7 Å². The lowest BCUT2D eigenvalue weighted by Gasteiger charge is -2.13. The van der Waals surface area contributed by atoms with Crippen molar-refractivity contribution in [3.8, 4) is 17.2 Å². The molecule has 0 saturated heterocycles. The number of carbonyl (C=O) groups excluding carboxylic acids is 1. The number of benzene rings is 2. The van der Waals surface area contributed by atoms with E-state index >= 15 is 0 Å². The SMILES string of the molecule is CCOc1ccccc1NC(=O)CNS(=O)(=O)Cc1cc(OC)ccc1OC. The van der Waals surface area contributed by atoms with Crippen molar-refractivity contribution in [2.45, 2.75) is 12.7 Å². The van der Waals surface area contributed by atoms with Gasteiger partial charge in [0.15, 0.2) is 0 Å². The minimum atomic E-state index is -3.78. The summed E-state index contributed by atoms with van der Waals surface area (Å²) >= 11 is 0. The van der Waals surface area contributed by atoms with Crippen molar-refractivity contribution in [3.05, 3.63) is 48.0 Å². The van der Waals surface area contributed by atoms with Crippen LogP contribution in [0.4, 0.5) is 5.69 Å². The van der Waals surface area contributed by atoms with E-state index in [1.807, 2.05) is 6.92 Å². The number of methoxy groups -OCH3 is 2. The molecule has 0 heterocycles. The molecule has 0 aromatic heterocycles. The van der Waals surface area contributed by atoms with Gasteiger partial charge in [-0.1, -0.05) is 12.1 Å². The molecule has 2 rings (SSSR count). The molecule has 0 aliphatic heterocycles. The van der Waals surface area contributed by atoms with E-state index in [9.17, 15) is 13.2 Å². The Morgan fingerprint density at radius 3 is 2.46 bits per heavy atom. The molecule has 0 saturated carbocycles. The molecular weight excluding hydrogens is 384 g/mol. The average molecular weight is 408 g/mol. The van der Waals surface area contributed by atoms with E-state index in [2.05, 4.69) is 10.0 Å². The van der Waals surface area contributed by atoms with Crippen LogP contribution in [0, 0.1) is 0 Å². The average Bonchev–Trinajstić information content (AvgIpc) is 2.68. The van der Waals surface area contributed by atoms with Crippen LogP contribution in [0.1, 0.15) is 12.5 Å². The number of carbonyl (C=O) groups is 1. The van der Waals surface area contributed by atoms with Crippen LogP contribution in [-0.4, -0.2) is 41.7 Å². The van der Waals surface area contributed by atoms with Gasteiger partial charge in [-0.2, -0.15) is 0 Å². The maximum Gasteiger partial charge on any atom is 0.239 e. The van der Waals surface area contributed by atoms with E-state index in [0.717, 1.165) is 0 Å². The van der Waals surface area contributed by atoms with Crippen LogP contribution in [0.2, 0.25) is 0 Å². The van der Waals surface area contributed by atoms with Gasteiger partial charge >= 0.3 is 0 Å². The number of para-hydroxylation sites is 2. The van der Waals surface area contributed by atoms with Gasteiger partial charge in [-0.25, -0.2) is 13.1 Å². The molecular formula is C19H24N2O6S. The minimum Gasteiger partial charge on any atom is -0.497 e. The van der Waals surface area contributed by atoms with Crippen LogP contribution in [0.15, 0.2) is 42.5 Å². The Hall–Kier alpha value is -2.78. The Morgan fingerprint density at radius 1 is 1.04 bits per heavy atom. The zero-order valence-corrected chi connectivity index (χ0v) is 16.8. The third kappa shape index (κ3) is 6.14. The highest BCUT2D eigenvalue weighted by Crippen LogP contribution is 2.26. The molecule has 1 amide bonds. The van der Waals surface area contributed by atoms with Crippen molar-refractivity contribution < 1.29 is 27.4 Å². The van der Waals surface area contributed by atoms with Gasteiger partial charge in [0.1, 0.15) is 17.2 Å². The standard InChI is InChI=1S/C19H24N2O6S/c1-4-27-18-8-6-5-7-16(18)21-19(22)12-20-28(23,24)13-14-11-15(25-2)9-10-17(14)26-3/h5-11,20H,4,12-13H2,1-3H3,(H,21,22). The molecule has 0 aliphatic carbocycles. The summed E-state index contributed by atoms with van der Waals surface area (Å²) in [6.07, 6.45) is 0. The summed E-state index contributed by atoms with van der Waals surface area (Å²) in [4.78, 5) is 12.2. The Morgan fingerprint density at radius 2 is 1.79 bits per heavy atom. The summed E-state index contributed by atoms with van der Waals surface area (Å²) in [5.74, 6) is 0.587. The first kappa shape index (κ1) is 21.5. The van der Waals surface area contributed by atoms with Gasteiger partial charge in [0.05, 0.1) is 38.8 Å². The molecule has 8 nitrogen and oxygen atoms in total. The first-order valence-corrected chi connectivity index (χ1v) is 10.2. The van der Waals surface area contributed by atoms with Crippen LogP contribution in [0.5, 0.6) is 17.2 Å². The Balaban J connectivity index is 2.01. The van der Waals surface area contributed by atoms with Crippen LogP contribution < -0.4 is 24.2 Å². The fraction of sp³-hybridized carbons (Fsp3) is 0.316. The molecule has 0 unspecified atom stereocenters. The third-order valence-corrected chi connectivity index (χ3v) is 5.02. The molecule has 9 heteroatoms. The molecule has 0 radical (unpaired) electrons. The quantitative estimate of drug-likeness (QED) is 0.625. The molecule has 0 atom stereocenters. The Bertz CT molecular complexity index is 914. The first-order valence-electron chi connectivity index (χ1n) is 8.58. The fourth-order valence-corrected chi connectivity index (χ4v) is 3.56. The second kappa shape index (κ2) is 9.95. The van der Waals surface area contributed by atoms with Crippen molar-refractivity contribution in [1.29, 1.82) is 0 Å². The lowest BCUT2D eigenvalue weighted by Crippen LogP contribution is -2.33. The number of anilines is 1. The van der Waals surface area contributed by atoms with Gasteiger partial charge in [-0.3, -0.25) is 4.79 Å². The molecule has 2 aromatic carbocycles. The minimum absolute atomic E-state index is 0.351. The lowest BCUT2D eigenvalue weighted by molar-refractivity contribution is -0.115. The maximum atomic E-state index is 12.4. The summed E-state index contributed by atoms with van der Waals surface area (Å²) in [6.45, 7) is 1.87. The number of sulfonamides is 1. The molecule has 152 valence electrons. The number of amides is 1. The van der Waals surface area contributed by atoms with Gasteiger partial charge < -0.3 is 19.5 Å². The normalized spacial score (nSPS) is 11.0. The highest BCUT2D eigenvalue weighted by molar-refractivity contribution is 7.88. The molecule has 28 heavy (non-hydrogen) atoms. The molecule has 0 fully saturated rings. The molecule has 2 N–H and O–H groups in total. The summed E-state index contributed by atoms with van der Waals surface area (Å²) in [5.41, 5.74) is 0.902. The second-order valence-corrected chi connectivity index (χ2v) is 7.54. The van der Waals surface area contributed by atoms with Crippen molar-refractivity contribution in [3.63, 3.8) is 0 Å².